The van der Waals surface area contributed by atoms with Gasteiger partial charge < -0.3 is 27.3 Å². The quantitative estimate of drug-likeness (QED) is 0.103. The van der Waals surface area contributed by atoms with E-state index in [0.717, 1.165) is 0 Å². The average Bonchev–Trinajstić information content (AvgIpc) is 1.94. The van der Waals surface area contributed by atoms with Gasteiger partial charge in [-0.1, -0.05) is 0 Å². The average molecular weight is 672 g/mol. The van der Waals surface area contributed by atoms with Crippen LogP contribution in [-0.2, 0) is 82.9 Å². The van der Waals surface area contributed by atoms with Crippen molar-refractivity contribution in [3.63, 3.8) is 0 Å². The Hall–Kier alpha value is -0.0917. The molecule has 0 rings (SSSR count). The van der Waals surface area contributed by atoms with E-state index in [1.54, 1.807) is 0 Å². The molecule has 0 aromatic heterocycles. The fourth-order valence-corrected chi connectivity index (χ4v) is 0. The molecule has 0 atom stereocenters. The fraction of sp³-hybridized carbons (Fsp3) is 0. The smallest absolute Gasteiger partial charge is 0.156 e. The summed E-state index contributed by atoms with van der Waals surface area (Å²) >= 11 is 0. The Balaban J connectivity index is -0.0000000443. The Kier molecular flexibility index (Phi) is 30.2. The molecular weight excluding hydrogens is 660 g/mol. The van der Waals surface area contributed by atoms with Gasteiger partial charge in [0.15, 0.2) is 61.8 Å². The predicted molar refractivity (Wildman–Crippen MR) is 83.3 cm³/mol. The first-order chi connectivity index (χ1) is 12.0. The number of hydrogen-bond acceptors (Lipinski definition) is 18. The molecule has 24 nitrogen and oxygen atoms in total. The minimum atomic E-state index is -4.42. The molecule has 0 unspecified atom stereocenters. The monoisotopic (exact) mass is 674 g/mol. The molecule has 0 saturated carbocycles. The molecule has 0 aromatic carbocycles. The van der Waals surface area contributed by atoms with E-state index in [1.807, 2.05) is 0 Å². The van der Waals surface area contributed by atoms with Crippen LogP contribution >= 0.6 is 0 Å². The van der Waals surface area contributed by atoms with E-state index in [-0.39, 0.29) is 21.1 Å². The minimum Gasteiger partial charge on any atom is -0.736 e. The van der Waals surface area contributed by atoms with Gasteiger partial charge in [0.25, 0.3) is 0 Å². The SMILES string of the molecule is NS(=O)(=O)[O-].NS(=O)(=O)[O-].NS(=O)(=O)[O-].NS(=O)(=O)[O-].NS(=O)(=O)[O-].NS(=O)(=O)[O-].[Mo]. The molecule has 0 aliphatic heterocycles. The van der Waals surface area contributed by atoms with E-state index in [2.05, 4.69) is 30.8 Å². The number of rotatable bonds is 0. The normalized spacial score (nSPS) is 11.2. The second kappa shape index (κ2) is 19.4. The third-order valence-electron chi connectivity index (χ3n) is 0. The van der Waals surface area contributed by atoms with Crippen LogP contribution in [0.2, 0.25) is 0 Å². The molecule has 0 bridgehead atoms. The van der Waals surface area contributed by atoms with Gasteiger partial charge in [-0.2, -0.15) is 0 Å². The van der Waals surface area contributed by atoms with Crippen LogP contribution in [0.15, 0.2) is 0 Å². The zero-order valence-corrected chi connectivity index (χ0v) is 20.6. The topological polar surface area (TPSA) is 499 Å². The van der Waals surface area contributed by atoms with Crippen molar-refractivity contribution in [1.29, 1.82) is 0 Å². The summed E-state index contributed by atoms with van der Waals surface area (Å²) in [5.41, 5.74) is 0. The Morgan fingerprint density at radius 1 is 0.290 bits per heavy atom. The third kappa shape index (κ3) is 2770000. The second-order valence-corrected chi connectivity index (χ2v) is 8.87. The molecule has 31 heavy (non-hydrogen) atoms. The zero-order valence-electron chi connectivity index (χ0n) is 13.7. The van der Waals surface area contributed by atoms with Gasteiger partial charge in [0, 0.05) is 21.1 Å². The first kappa shape index (κ1) is 48.4. The molecule has 0 spiro atoms. The van der Waals surface area contributed by atoms with Crippen LogP contribution in [0, 0.1) is 0 Å². The van der Waals surface area contributed by atoms with Gasteiger partial charge in [0.05, 0.1) is 0 Å². The van der Waals surface area contributed by atoms with Crippen LogP contribution in [0.4, 0.5) is 0 Å². The second-order valence-electron chi connectivity index (χ2n) is 2.96. The Bertz CT molecular complexity index is 779. The summed E-state index contributed by atoms with van der Waals surface area (Å²) in [7, 11) is -26.5. The predicted octanol–water partition coefficient (Wildman–Crippen LogP) is -9.57. The molecule has 0 heterocycles. The number of nitrogens with two attached hydrogens (primary N) is 6. The van der Waals surface area contributed by atoms with Gasteiger partial charge in [-0.15, -0.1) is 0 Å². The molecule has 0 aliphatic carbocycles. The standard InChI is InChI=1S/Mo.6H3NO3S/c;6*1-5(2,3)4/h;6*(H3,1,2,3,4)/p-6. The number of hydrogen-bond donors (Lipinski definition) is 6. The summed E-state index contributed by atoms with van der Waals surface area (Å²) in [5, 5.41) is 22.6. The van der Waals surface area contributed by atoms with Gasteiger partial charge in [-0.25, -0.2) is 81.3 Å². The van der Waals surface area contributed by atoms with Gasteiger partial charge in [-0.05, 0) is 0 Å². The van der Waals surface area contributed by atoms with Crippen molar-refractivity contribution in [3.05, 3.63) is 0 Å². The van der Waals surface area contributed by atoms with Crippen molar-refractivity contribution < 1.29 is 98.9 Å². The molecule has 31 heteroatoms. The molecule has 198 valence electrons. The van der Waals surface area contributed by atoms with Gasteiger partial charge in [0.1, 0.15) is 0 Å². The molecule has 0 saturated heterocycles. The molecular formula is H12MoN6O18S6-6. The summed E-state index contributed by atoms with van der Waals surface area (Å²) < 4.78 is 159. The molecule has 12 N–H and O–H groups in total. The largest absolute Gasteiger partial charge is 0.736 e. The maximum atomic E-state index is 8.85. The van der Waals surface area contributed by atoms with Crippen molar-refractivity contribution in [2.45, 2.75) is 0 Å². The Labute approximate surface area is 190 Å². The van der Waals surface area contributed by atoms with Crippen LogP contribution in [-0.4, -0.2) is 77.8 Å². The van der Waals surface area contributed by atoms with E-state index in [4.69, 9.17) is 77.8 Å². The van der Waals surface area contributed by atoms with Crippen molar-refractivity contribution >= 4 is 61.8 Å². The molecule has 0 aliphatic rings. The third-order valence-corrected chi connectivity index (χ3v) is 0. The first-order valence-corrected chi connectivity index (χ1v) is 13.2. The van der Waals surface area contributed by atoms with E-state index in [9.17, 15) is 0 Å². The van der Waals surface area contributed by atoms with Crippen LogP contribution in [0.1, 0.15) is 0 Å². The summed E-state index contributed by atoms with van der Waals surface area (Å²) in [4.78, 5) is 0. The van der Waals surface area contributed by atoms with E-state index >= 15 is 0 Å². The summed E-state index contributed by atoms with van der Waals surface area (Å²) in [6.45, 7) is 0. The maximum Gasteiger partial charge on any atom is 0.156 e. The van der Waals surface area contributed by atoms with E-state index in [1.165, 1.54) is 0 Å². The summed E-state index contributed by atoms with van der Waals surface area (Å²) in [5.74, 6) is 0. The molecule has 0 amide bonds. The van der Waals surface area contributed by atoms with Crippen molar-refractivity contribution in [2.75, 3.05) is 0 Å². The zero-order chi connectivity index (χ0) is 27.0. The van der Waals surface area contributed by atoms with Gasteiger partial charge in [0.2, 0.25) is 0 Å². The summed E-state index contributed by atoms with van der Waals surface area (Å²) in [6.07, 6.45) is 0. The molecule has 0 aromatic rings. The molecule has 0 fully saturated rings. The Morgan fingerprint density at radius 2 is 0.290 bits per heavy atom. The molecule has 0 radical (unpaired) electrons. The van der Waals surface area contributed by atoms with Crippen molar-refractivity contribution in [1.82, 2.24) is 0 Å². The van der Waals surface area contributed by atoms with Gasteiger partial charge in [-0.3, -0.25) is 0 Å². The first-order valence-electron chi connectivity index (χ1n) is 4.41. The fourth-order valence-electron chi connectivity index (χ4n) is 0. The van der Waals surface area contributed by atoms with Gasteiger partial charge >= 0.3 is 0 Å². The summed E-state index contributed by atoms with van der Waals surface area (Å²) in [6, 6.07) is 0. The maximum absolute atomic E-state index is 8.85. The van der Waals surface area contributed by atoms with Crippen LogP contribution < -0.4 is 30.8 Å². The van der Waals surface area contributed by atoms with Crippen molar-refractivity contribution in [3.8, 4) is 0 Å². The van der Waals surface area contributed by atoms with Crippen LogP contribution in [0.25, 0.3) is 0 Å². The van der Waals surface area contributed by atoms with Crippen molar-refractivity contribution in [2.24, 2.45) is 30.8 Å². The van der Waals surface area contributed by atoms with Crippen LogP contribution in [0.5, 0.6) is 0 Å². The minimum absolute atomic E-state index is 0. The van der Waals surface area contributed by atoms with Crippen LogP contribution in [0.3, 0.4) is 0 Å². The Morgan fingerprint density at radius 3 is 0.290 bits per heavy atom. The van der Waals surface area contributed by atoms with E-state index < -0.39 is 61.8 Å². The van der Waals surface area contributed by atoms with E-state index in [0.29, 0.717) is 0 Å².